The Morgan fingerprint density at radius 3 is 2.08 bits per heavy atom. The van der Waals surface area contributed by atoms with Gasteiger partial charge in [-0.25, -0.2) is 10.1 Å². The van der Waals surface area contributed by atoms with Crippen molar-refractivity contribution in [1.29, 1.82) is 0 Å². The number of nitrogens with two attached hydrogens (primary N) is 2. The van der Waals surface area contributed by atoms with Crippen molar-refractivity contribution in [3.63, 3.8) is 0 Å². The van der Waals surface area contributed by atoms with Crippen molar-refractivity contribution in [2.75, 3.05) is 18.1 Å². The summed E-state index contributed by atoms with van der Waals surface area (Å²) in [5.74, 6) is -6.02. The van der Waals surface area contributed by atoms with Crippen molar-refractivity contribution in [2.24, 2.45) is 22.4 Å². The van der Waals surface area contributed by atoms with E-state index in [0.29, 0.717) is 12.0 Å². The Kier molecular flexibility index (Phi) is 16.3. The predicted molar refractivity (Wildman–Crippen MR) is 182 cm³/mol. The minimum Gasteiger partial charge on any atom is -0.481 e. The van der Waals surface area contributed by atoms with Crippen LogP contribution in [0.3, 0.4) is 0 Å². The van der Waals surface area contributed by atoms with Gasteiger partial charge in [-0.1, -0.05) is 56.7 Å². The molecule has 0 aromatic heterocycles. The fourth-order valence-corrected chi connectivity index (χ4v) is 4.63. The standard InChI is InChI=1S/C32H43N9O9/c1-3-20(2)27(39-28(45)21-11-6-4-7-12-21)30(47)38-23(16-17-26(43)44)29(46)36-19-25(42)37-24(15-10-18-35-32(33)34)31(48)40(41(49)50)22-13-8-5-9-14-22/h4-9,11-14,20,23-24,27H,3,10,15-19H2,1-2H3,(H,36,46)(H,37,42)(H,38,47)(H,39,45)(H,43,44)(H4,33,34,35)/t20-,23-,24-,27-/m0/s1. The highest BCUT2D eigenvalue weighted by Crippen LogP contribution is 2.16. The normalized spacial score (nSPS) is 12.9. The molecule has 0 bridgehead atoms. The van der Waals surface area contributed by atoms with E-state index in [9.17, 15) is 44.0 Å². The average Bonchev–Trinajstić information content (AvgIpc) is 3.09. The van der Waals surface area contributed by atoms with Crippen LogP contribution in [0.5, 0.6) is 0 Å². The second kappa shape index (κ2) is 20.3. The Labute approximate surface area is 288 Å². The minimum absolute atomic E-state index is 0.0525. The van der Waals surface area contributed by atoms with Crippen LogP contribution < -0.4 is 37.7 Å². The maximum Gasteiger partial charge on any atom is 0.311 e. The molecular weight excluding hydrogens is 654 g/mol. The zero-order chi connectivity index (χ0) is 37.2. The van der Waals surface area contributed by atoms with Gasteiger partial charge >= 0.3 is 11.9 Å². The van der Waals surface area contributed by atoms with Crippen LogP contribution in [0.4, 0.5) is 5.69 Å². The molecule has 0 aliphatic heterocycles. The monoisotopic (exact) mass is 697 g/mol. The van der Waals surface area contributed by atoms with Gasteiger partial charge in [-0.15, -0.1) is 0 Å². The van der Waals surface area contributed by atoms with Crippen LogP contribution >= 0.6 is 0 Å². The maximum absolute atomic E-state index is 13.4. The third-order valence-electron chi connectivity index (χ3n) is 7.47. The molecule has 0 spiro atoms. The first-order chi connectivity index (χ1) is 23.7. The molecule has 2 aromatic carbocycles. The highest BCUT2D eigenvalue weighted by molar-refractivity contribution is 6.00. The molecule has 4 atom stereocenters. The number of hydrogen-bond acceptors (Lipinski definition) is 9. The molecule has 18 heteroatoms. The van der Waals surface area contributed by atoms with E-state index in [1.54, 1.807) is 50.2 Å². The molecule has 9 N–H and O–H groups in total. The summed E-state index contributed by atoms with van der Waals surface area (Å²) in [5, 5.41) is 30.3. The SMILES string of the molecule is CC[C@H](C)[C@H](NC(=O)c1ccccc1)C(=O)N[C@@H](CCC(=O)O)C(=O)NCC(=O)N[C@@H](CCCN=C(N)N)C(=O)N(c1ccccc1)[N+](=O)[O-]. The van der Waals surface area contributed by atoms with Gasteiger partial charge in [-0.2, -0.15) is 0 Å². The topological polar surface area (TPSA) is 282 Å². The molecule has 18 nitrogen and oxygen atoms in total. The molecule has 0 radical (unpaired) electrons. The second-order valence-corrected chi connectivity index (χ2v) is 11.2. The molecule has 0 aliphatic carbocycles. The van der Waals surface area contributed by atoms with E-state index in [4.69, 9.17) is 11.5 Å². The van der Waals surface area contributed by atoms with E-state index in [-0.39, 0.29) is 48.4 Å². The van der Waals surface area contributed by atoms with Gasteiger partial charge in [0, 0.05) is 18.5 Å². The Morgan fingerprint density at radius 1 is 0.900 bits per heavy atom. The Balaban J connectivity index is 2.19. The molecule has 2 aromatic rings. The number of hydrogen-bond donors (Lipinski definition) is 7. The number of aliphatic carboxylic acids is 1. The Bertz CT molecular complexity index is 1520. The minimum atomic E-state index is -1.44. The lowest BCUT2D eigenvalue weighted by Crippen LogP contribution is -2.57. The van der Waals surface area contributed by atoms with E-state index in [1.165, 1.54) is 24.3 Å². The number of nitrogens with zero attached hydrogens (tertiary/aromatic N) is 3. The number of para-hydroxylation sites is 1. The van der Waals surface area contributed by atoms with E-state index in [1.807, 2.05) is 0 Å². The van der Waals surface area contributed by atoms with Crippen LogP contribution in [0.25, 0.3) is 0 Å². The number of anilines is 1. The number of carbonyl (C=O) groups excluding carboxylic acids is 5. The number of guanidine groups is 1. The number of aliphatic imine (C=N–C) groups is 1. The van der Waals surface area contributed by atoms with Crippen LogP contribution in [-0.4, -0.2) is 82.8 Å². The lowest BCUT2D eigenvalue weighted by atomic mass is 9.97. The first kappa shape index (κ1) is 40.1. The fraction of sp³-hybridized carbons (Fsp3) is 0.406. The predicted octanol–water partition coefficient (Wildman–Crippen LogP) is 0.0602. The number of carboxylic acid groups (broad SMARTS) is 1. The smallest absolute Gasteiger partial charge is 0.311 e. The van der Waals surface area contributed by atoms with Gasteiger partial charge in [0.15, 0.2) is 11.0 Å². The number of rotatable bonds is 20. The summed E-state index contributed by atoms with van der Waals surface area (Å²) in [5.41, 5.74) is 10.9. The molecule has 0 aliphatic rings. The van der Waals surface area contributed by atoms with E-state index < -0.39 is 71.6 Å². The molecule has 270 valence electrons. The van der Waals surface area contributed by atoms with Gasteiger partial charge in [0.05, 0.1) is 6.54 Å². The number of carboxylic acids is 1. The third-order valence-corrected chi connectivity index (χ3v) is 7.47. The van der Waals surface area contributed by atoms with Crippen molar-refractivity contribution in [3.05, 3.63) is 76.3 Å². The number of nitro groups is 1. The van der Waals surface area contributed by atoms with Gasteiger partial charge in [0.25, 0.3) is 5.91 Å². The molecular formula is C32H43N9O9. The van der Waals surface area contributed by atoms with Gasteiger partial charge in [0.2, 0.25) is 17.7 Å². The molecule has 50 heavy (non-hydrogen) atoms. The fourth-order valence-electron chi connectivity index (χ4n) is 4.63. The molecule has 0 saturated heterocycles. The van der Waals surface area contributed by atoms with Gasteiger partial charge in [0.1, 0.15) is 23.8 Å². The third kappa shape index (κ3) is 13.2. The summed E-state index contributed by atoms with van der Waals surface area (Å²) < 4.78 is 0. The van der Waals surface area contributed by atoms with E-state index in [0.717, 1.165) is 0 Å². The highest BCUT2D eigenvalue weighted by Gasteiger charge is 2.35. The number of carbonyl (C=O) groups is 6. The van der Waals surface area contributed by atoms with Gasteiger partial charge < -0.3 is 37.8 Å². The van der Waals surface area contributed by atoms with Crippen LogP contribution in [0, 0.1) is 16.0 Å². The molecule has 0 heterocycles. The highest BCUT2D eigenvalue weighted by atomic mass is 16.7. The summed E-state index contributed by atoms with van der Waals surface area (Å²) in [7, 11) is 0. The zero-order valence-electron chi connectivity index (χ0n) is 27.7. The summed E-state index contributed by atoms with van der Waals surface area (Å²) in [4.78, 5) is 92.7. The lowest BCUT2D eigenvalue weighted by Gasteiger charge is -2.26. The Morgan fingerprint density at radius 2 is 1.52 bits per heavy atom. The molecule has 0 saturated carbocycles. The van der Waals surface area contributed by atoms with Crippen molar-refractivity contribution in [1.82, 2.24) is 21.3 Å². The van der Waals surface area contributed by atoms with Crippen molar-refractivity contribution >= 4 is 47.2 Å². The lowest BCUT2D eigenvalue weighted by molar-refractivity contribution is -0.484. The van der Waals surface area contributed by atoms with Crippen LogP contribution in [0.15, 0.2) is 65.7 Å². The Hall–Kier alpha value is -6.07. The first-order valence-electron chi connectivity index (χ1n) is 15.8. The van der Waals surface area contributed by atoms with Crippen molar-refractivity contribution in [2.45, 2.75) is 64.1 Å². The zero-order valence-corrected chi connectivity index (χ0v) is 27.7. The van der Waals surface area contributed by atoms with Gasteiger partial charge in [-0.05, 0) is 54.5 Å². The molecule has 2 rings (SSSR count). The van der Waals surface area contributed by atoms with Gasteiger partial charge in [-0.3, -0.25) is 33.8 Å². The maximum atomic E-state index is 13.4. The molecule has 0 unspecified atom stereocenters. The summed E-state index contributed by atoms with van der Waals surface area (Å²) >= 11 is 0. The van der Waals surface area contributed by atoms with Crippen LogP contribution in [0.1, 0.15) is 56.3 Å². The largest absolute Gasteiger partial charge is 0.481 e. The second-order valence-electron chi connectivity index (χ2n) is 11.2. The molecule has 0 fully saturated rings. The number of amides is 5. The van der Waals surface area contributed by atoms with Crippen LogP contribution in [-0.2, 0) is 24.0 Å². The molecule has 5 amide bonds. The number of benzene rings is 2. The van der Waals surface area contributed by atoms with Crippen molar-refractivity contribution < 1.29 is 38.9 Å². The summed E-state index contributed by atoms with van der Waals surface area (Å²) in [6, 6.07) is 11.5. The van der Waals surface area contributed by atoms with E-state index in [2.05, 4.69) is 26.3 Å². The van der Waals surface area contributed by atoms with Crippen LogP contribution in [0.2, 0.25) is 0 Å². The van der Waals surface area contributed by atoms with Crippen molar-refractivity contribution in [3.8, 4) is 0 Å². The number of nitrogens with one attached hydrogen (secondary N) is 4. The van der Waals surface area contributed by atoms with E-state index >= 15 is 0 Å². The first-order valence-corrected chi connectivity index (χ1v) is 15.8. The summed E-state index contributed by atoms with van der Waals surface area (Å²) in [6.45, 7) is 2.84. The average molecular weight is 698 g/mol. The summed E-state index contributed by atoms with van der Waals surface area (Å²) in [6.07, 6.45) is -0.367. The quantitative estimate of drug-likeness (QED) is 0.0319. The number of hydrazine groups is 1.